The van der Waals surface area contributed by atoms with Gasteiger partial charge in [-0.1, -0.05) is 12.1 Å². The van der Waals surface area contributed by atoms with Crippen LogP contribution >= 0.6 is 11.3 Å². The first-order chi connectivity index (χ1) is 8.60. The molecule has 1 N–H and O–H groups in total. The maximum atomic E-state index is 12.9. The first kappa shape index (κ1) is 13.2. The van der Waals surface area contributed by atoms with Gasteiger partial charge in [-0.3, -0.25) is 0 Å². The van der Waals surface area contributed by atoms with Crippen LogP contribution in [0.2, 0.25) is 0 Å². The maximum absolute atomic E-state index is 12.9. The van der Waals surface area contributed by atoms with Crippen molar-refractivity contribution >= 4 is 11.3 Å². The second-order valence-electron chi connectivity index (χ2n) is 4.54. The van der Waals surface area contributed by atoms with Gasteiger partial charge in [0, 0.05) is 15.8 Å². The average molecular weight is 263 g/mol. The molecule has 2 rings (SSSR count). The molecule has 0 spiro atoms. The van der Waals surface area contributed by atoms with Crippen LogP contribution in [0.15, 0.2) is 30.3 Å². The number of thiophene rings is 1. The molecular weight excluding hydrogens is 245 g/mol. The van der Waals surface area contributed by atoms with Gasteiger partial charge in [-0.15, -0.1) is 11.3 Å². The molecule has 1 unspecified atom stereocenters. The van der Waals surface area contributed by atoms with Gasteiger partial charge in [0.2, 0.25) is 0 Å². The predicted octanol–water partition coefficient (Wildman–Crippen LogP) is 4.01. The number of nitrogens with one attached hydrogen (secondary N) is 1. The van der Waals surface area contributed by atoms with E-state index in [4.69, 9.17) is 0 Å². The lowest BCUT2D eigenvalue weighted by atomic mass is 9.99. The zero-order valence-corrected chi connectivity index (χ0v) is 11.8. The molecule has 0 aliphatic rings. The molecule has 0 saturated heterocycles. The van der Waals surface area contributed by atoms with Crippen molar-refractivity contribution in [3.63, 3.8) is 0 Å². The van der Waals surface area contributed by atoms with Crippen molar-refractivity contribution in [2.75, 3.05) is 7.05 Å². The van der Waals surface area contributed by atoms with Gasteiger partial charge in [0.1, 0.15) is 5.82 Å². The summed E-state index contributed by atoms with van der Waals surface area (Å²) in [6.45, 7) is 4.29. The Morgan fingerprint density at radius 2 is 1.89 bits per heavy atom. The Kier molecular flexibility index (Phi) is 4.15. The summed E-state index contributed by atoms with van der Waals surface area (Å²) in [5, 5.41) is 3.35. The van der Waals surface area contributed by atoms with Crippen LogP contribution in [0.25, 0.3) is 0 Å². The zero-order chi connectivity index (χ0) is 13.1. The van der Waals surface area contributed by atoms with E-state index >= 15 is 0 Å². The lowest BCUT2D eigenvalue weighted by Gasteiger charge is -2.16. The third kappa shape index (κ3) is 2.98. The third-order valence-corrected chi connectivity index (χ3v) is 4.14. The number of hydrogen-bond donors (Lipinski definition) is 1. The summed E-state index contributed by atoms with van der Waals surface area (Å²) in [7, 11) is 1.97. The van der Waals surface area contributed by atoms with Crippen LogP contribution in [0, 0.1) is 19.7 Å². The molecule has 18 heavy (non-hydrogen) atoms. The largest absolute Gasteiger partial charge is 0.313 e. The van der Waals surface area contributed by atoms with Gasteiger partial charge in [-0.05, 0) is 56.6 Å². The normalized spacial score (nSPS) is 12.7. The van der Waals surface area contributed by atoms with Crippen LogP contribution < -0.4 is 5.32 Å². The molecule has 1 nitrogen and oxygen atoms in total. The number of hydrogen-bond acceptors (Lipinski definition) is 2. The fourth-order valence-corrected chi connectivity index (χ4v) is 3.21. The molecule has 0 bridgehead atoms. The van der Waals surface area contributed by atoms with E-state index in [1.54, 1.807) is 0 Å². The first-order valence-electron chi connectivity index (χ1n) is 6.09. The van der Waals surface area contributed by atoms with E-state index in [1.165, 1.54) is 27.5 Å². The standard InChI is InChI=1S/C15H18FNS/c1-10-8-14(11(2)18-10)15(17-3)9-12-4-6-13(16)7-5-12/h4-8,15,17H,9H2,1-3H3. The van der Waals surface area contributed by atoms with E-state index in [2.05, 4.69) is 25.2 Å². The molecule has 0 saturated carbocycles. The zero-order valence-electron chi connectivity index (χ0n) is 11.0. The minimum absolute atomic E-state index is 0.178. The van der Waals surface area contributed by atoms with E-state index < -0.39 is 0 Å². The number of aryl methyl sites for hydroxylation is 2. The highest BCUT2D eigenvalue weighted by Gasteiger charge is 2.14. The first-order valence-corrected chi connectivity index (χ1v) is 6.90. The fraction of sp³-hybridized carbons (Fsp3) is 0.333. The Morgan fingerprint density at radius 1 is 1.22 bits per heavy atom. The SMILES string of the molecule is CNC(Cc1ccc(F)cc1)c1cc(C)sc1C. The summed E-state index contributed by atoms with van der Waals surface area (Å²) in [6.07, 6.45) is 0.883. The second-order valence-corrected chi connectivity index (χ2v) is 6.00. The third-order valence-electron chi connectivity index (χ3n) is 3.16. The van der Waals surface area contributed by atoms with Gasteiger partial charge >= 0.3 is 0 Å². The number of likely N-dealkylation sites (N-methyl/N-ethyl adjacent to an activating group) is 1. The molecule has 1 heterocycles. The van der Waals surface area contributed by atoms with Crippen LogP contribution in [0.5, 0.6) is 0 Å². The van der Waals surface area contributed by atoms with E-state index in [0.717, 1.165) is 12.0 Å². The molecular formula is C15H18FNS. The van der Waals surface area contributed by atoms with Crippen molar-refractivity contribution in [1.29, 1.82) is 0 Å². The van der Waals surface area contributed by atoms with Crippen molar-refractivity contribution in [3.8, 4) is 0 Å². The van der Waals surface area contributed by atoms with Crippen molar-refractivity contribution in [3.05, 3.63) is 57.0 Å². The summed E-state index contributed by atoms with van der Waals surface area (Å²) in [5.41, 5.74) is 2.50. The minimum Gasteiger partial charge on any atom is -0.313 e. The number of benzene rings is 1. The molecule has 0 amide bonds. The molecule has 3 heteroatoms. The monoisotopic (exact) mass is 263 g/mol. The van der Waals surface area contributed by atoms with Crippen LogP contribution in [0.4, 0.5) is 4.39 Å². The number of halogens is 1. The van der Waals surface area contributed by atoms with Gasteiger partial charge in [0.05, 0.1) is 0 Å². The molecule has 1 atom stereocenters. The van der Waals surface area contributed by atoms with Gasteiger partial charge in [-0.2, -0.15) is 0 Å². The van der Waals surface area contributed by atoms with Gasteiger partial charge < -0.3 is 5.32 Å². The fourth-order valence-electron chi connectivity index (χ4n) is 2.22. The van der Waals surface area contributed by atoms with Gasteiger partial charge in [0.25, 0.3) is 0 Å². The summed E-state index contributed by atoms with van der Waals surface area (Å²) >= 11 is 1.83. The highest BCUT2D eigenvalue weighted by molar-refractivity contribution is 7.12. The lowest BCUT2D eigenvalue weighted by molar-refractivity contribution is 0.588. The van der Waals surface area contributed by atoms with Crippen LogP contribution in [0.3, 0.4) is 0 Å². The average Bonchev–Trinajstić information content (AvgIpc) is 2.68. The van der Waals surface area contributed by atoms with Crippen molar-refractivity contribution in [2.45, 2.75) is 26.3 Å². The highest BCUT2D eigenvalue weighted by atomic mass is 32.1. The van der Waals surface area contributed by atoms with E-state index in [0.29, 0.717) is 6.04 Å². The molecule has 0 radical (unpaired) electrons. The summed E-state index contributed by atoms with van der Waals surface area (Å²) in [5.74, 6) is -0.178. The van der Waals surface area contributed by atoms with Crippen molar-refractivity contribution in [1.82, 2.24) is 5.32 Å². The van der Waals surface area contributed by atoms with Crippen LogP contribution in [-0.2, 0) is 6.42 Å². The van der Waals surface area contributed by atoms with Gasteiger partial charge in [0.15, 0.2) is 0 Å². The lowest BCUT2D eigenvalue weighted by Crippen LogP contribution is -2.19. The topological polar surface area (TPSA) is 12.0 Å². The Balaban J connectivity index is 2.19. The van der Waals surface area contributed by atoms with Crippen molar-refractivity contribution < 1.29 is 4.39 Å². The van der Waals surface area contributed by atoms with E-state index in [9.17, 15) is 4.39 Å². The molecule has 0 fully saturated rings. The maximum Gasteiger partial charge on any atom is 0.123 e. The van der Waals surface area contributed by atoms with Gasteiger partial charge in [-0.25, -0.2) is 4.39 Å². The quantitative estimate of drug-likeness (QED) is 0.879. The number of rotatable bonds is 4. The molecule has 0 aliphatic carbocycles. The van der Waals surface area contributed by atoms with Crippen LogP contribution in [0.1, 0.15) is 26.9 Å². The molecule has 96 valence electrons. The van der Waals surface area contributed by atoms with E-state index in [1.807, 2.05) is 30.5 Å². The Bertz CT molecular complexity index is 516. The second kappa shape index (κ2) is 5.63. The molecule has 2 aromatic rings. The highest BCUT2D eigenvalue weighted by Crippen LogP contribution is 2.28. The predicted molar refractivity (Wildman–Crippen MR) is 75.7 cm³/mol. The Morgan fingerprint density at radius 3 is 2.39 bits per heavy atom. The smallest absolute Gasteiger partial charge is 0.123 e. The van der Waals surface area contributed by atoms with Crippen molar-refractivity contribution in [2.24, 2.45) is 0 Å². The Labute approximate surface area is 112 Å². The molecule has 0 aliphatic heterocycles. The summed E-state index contributed by atoms with van der Waals surface area (Å²) in [6, 6.07) is 9.29. The Hall–Kier alpha value is -1.19. The van der Waals surface area contributed by atoms with E-state index in [-0.39, 0.29) is 5.82 Å². The minimum atomic E-state index is -0.178. The summed E-state index contributed by atoms with van der Waals surface area (Å²) in [4.78, 5) is 2.69. The van der Waals surface area contributed by atoms with Crippen LogP contribution in [-0.4, -0.2) is 7.05 Å². The molecule has 1 aromatic heterocycles. The molecule has 1 aromatic carbocycles. The summed E-state index contributed by atoms with van der Waals surface area (Å²) < 4.78 is 12.9.